The van der Waals surface area contributed by atoms with Crippen molar-refractivity contribution in [3.63, 3.8) is 0 Å². The number of rotatable bonds is 6. The Balaban J connectivity index is 1.91. The van der Waals surface area contributed by atoms with Crippen LogP contribution in [0.1, 0.15) is 37.8 Å². The number of fused-ring (bicyclic) bond motifs is 1. The van der Waals surface area contributed by atoms with Gasteiger partial charge < -0.3 is 10.1 Å². The maximum Gasteiger partial charge on any atom is 0.220 e. The van der Waals surface area contributed by atoms with E-state index in [1.165, 1.54) is 12.1 Å². The van der Waals surface area contributed by atoms with Crippen LogP contribution in [-0.4, -0.2) is 24.9 Å². The zero-order valence-corrected chi connectivity index (χ0v) is 12.5. The van der Waals surface area contributed by atoms with Gasteiger partial charge in [-0.2, -0.15) is 0 Å². The molecule has 1 aromatic carbocycles. The highest BCUT2D eigenvalue weighted by atomic mass is 32.2. The lowest BCUT2D eigenvalue weighted by atomic mass is 10.0. The van der Waals surface area contributed by atoms with Gasteiger partial charge in [0.15, 0.2) is 0 Å². The molecule has 1 N–H and O–H groups in total. The van der Waals surface area contributed by atoms with Gasteiger partial charge in [-0.05, 0) is 43.5 Å². The summed E-state index contributed by atoms with van der Waals surface area (Å²) in [6, 6.07) is 4.73. The van der Waals surface area contributed by atoms with E-state index in [0.29, 0.717) is 19.6 Å². The minimum atomic E-state index is -0.248. The van der Waals surface area contributed by atoms with E-state index in [9.17, 15) is 9.18 Å². The molecule has 20 heavy (non-hydrogen) atoms. The lowest BCUT2D eigenvalue weighted by Crippen LogP contribution is -2.30. The SMILES string of the molecule is CCOCCCC(=O)N[C@@H]1CCSc2ccc(F)cc21. The van der Waals surface area contributed by atoms with Gasteiger partial charge in [-0.15, -0.1) is 11.8 Å². The van der Waals surface area contributed by atoms with Gasteiger partial charge >= 0.3 is 0 Å². The Labute approximate surface area is 123 Å². The van der Waals surface area contributed by atoms with Gasteiger partial charge in [0.25, 0.3) is 0 Å². The lowest BCUT2D eigenvalue weighted by Gasteiger charge is -2.26. The largest absolute Gasteiger partial charge is 0.382 e. The van der Waals surface area contributed by atoms with Gasteiger partial charge in [0.05, 0.1) is 6.04 Å². The van der Waals surface area contributed by atoms with Gasteiger partial charge in [-0.3, -0.25) is 4.79 Å². The molecule has 1 heterocycles. The maximum absolute atomic E-state index is 13.4. The summed E-state index contributed by atoms with van der Waals surface area (Å²) in [6.45, 7) is 3.22. The summed E-state index contributed by atoms with van der Waals surface area (Å²) in [5.41, 5.74) is 0.902. The number of benzene rings is 1. The molecule has 1 atom stereocenters. The monoisotopic (exact) mass is 297 g/mol. The fraction of sp³-hybridized carbons (Fsp3) is 0.533. The summed E-state index contributed by atoms with van der Waals surface area (Å²) in [5.74, 6) is 0.710. The molecule has 2 rings (SSSR count). The second-order valence-corrected chi connectivity index (χ2v) is 5.88. The molecule has 1 amide bonds. The molecule has 0 bridgehead atoms. The van der Waals surface area contributed by atoms with E-state index in [0.717, 1.165) is 29.1 Å². The number of thioether (sulfide) groups is 1. The van der Waals surface area contributed by atoms with Crippen molar-refractivity contribution in [2.45, 2.75) is 37.1 Å². The molecule has 0 radical (unpaired) electrons. The molecule has 110 valence electrons. The molecule has 0 aliphatic carbocycles. The lowest BCUT2D eigenvalue weighted by molar-refractivity contribution is -0.122. The summed E-state index contributed by atoms with van der Waals surface area (Å²) in [6.07, 6.45) is 2.02. The Morgan fingerprint density at radius 3 is 3.20 bits per heavy atom. The summed E-state index contributed by atoms with van der Waals surface area (Å²) < 4.78 is 18.6. The zero-order chi connectivity index (χ0) is 14.4. The van der Waals surface area contributed by atoms with Crippen molar-refractivity contribution >= 4 is 17.7 Å². The average molecular weight is 297 g/mol. The van der Waals surface area contributed by atoms with E-state index in [2.05, 4.69) is 5.32 Å². The third-order valence-corrected chi connectivity index (χ3v) is 4.37. The van der Waals surface area contributed by atoms with Crippen molar-refractivity contribution < 1.29 is 13.9 Å². The molecule has 0 unspecified atom stereocenters. The predicted octanol–water partition coefficient (Wildman–Crippen LogP) is 3.30. The average Bonchev–Trinajstić information content (AvgIpc) is 2.44. The molecular weight excluding hydrogens is 277 g/mol. The highest BCUT2D eigenvalue weighted by Crippen LogP contribution is 2.36. The highest BCUT2D eigenvalue weighted by Gasteiger charge is 2.22. The van der Waals surface area contributed by atoms with Crippen LogP contribution in [0.3, 0.4) is 0 Å². The number of nitrogens with one attached hydrogen (secondary N) is 1. The van der Waals surface area contributed by atoms with Crippen LogP contribution in [0.4, 0.5) is 4.39 Å². The smallest absolute Gasteiger partial charge is 0.220 e. The molecule has 1 aliphatic heterocycles. The molecule has 1 aromatic rings. The summed E-state index contributed by atoms with van der Waals surface area (Å²) in [5, 5.41) is 3.00. The van der Waals surface area contributed by atoms with Crippen molar-refractivity contribution in [1.29, 1.82) is 0 Å². The number of ether oxygens (including phenoxy) is 1. The number of hydrogen-bond donors (Lipinski definition) is 1. The first kappa shape index (κ1) is 15.3. The van der Waals surface area contributed by atoms with Crippen molar-refractivity contribution in [1.82, 2.24) is 5.32 Å². The molecule has 3 nitrogen and oxygen atoms in total. The summed E-state index contributed by atoms with van der Waals surface area (Å²) in [4.78, 5) is 13.0. The Bertz CT molecular complexity index is 467. The Hall–Kier alpha value is -1.07. The van der Waals surface area contributed by atoms with Gasteiger partial charge in [-0.1, -0.05) is 0 Å². The number of carbonyl (C=O) groups is 1. The van der Waals surface area contributed by atoms with Crippen LogP contribution in [-0.2, 0) is 9.53 Å². The summed E-state index contributed by atoms with van der Waals surface area (Å²) in [7, 11) is 0. The van der Waals surface area contributed by atoms with Crippen LogP contribution in [0, 0.1) is 5.82 Å². The van der Waals surface area contributed by atoms with Crippen LogP contribution < -0.4 is 5.32 Å². The zero-order valence-electron chi connectivity index (χ0n) is 11.7. The fourth-order valence-electron chi connectivity index (χ4n) is 2.26. The fourth-order valence-corrected chi connectivity index (χ4v) is 3.37. The van der Waals surface area contributed by atoms with E-state index < -0.39 is 0 Å². The minimum absolute atomic E-state index is 0.0109. The molecular formula is C15H20FNO2S. The third-order valence-electron chi connectivity index (χ3n) is 3.24. The quantitative estimate of drug-likeness (QED) is 0.819. The van der Waals surface area contributed by atoms with E-state index in [1.54, 1.807) is 17.8 Å². The first-order valence-corrected chi connectivity index (χ1v) is 7.98. The topological polar surface area (TPSA) is 38.3 Å². The first-order chi connectivity index (χ1) is 9.70. The van der Waals surface area contributed by atoms with E-state index >= 15 is 0 Å². The van der Waals surface area contributed by atoms with Gasteiger partial charge in [0.2, 0.25) is 5.91 Å². The Kier molecular flexibility index (Phi) is 5.86. The Morgan fingerprint density at radius 2 is 2.40 bits per heavy atom. The highest BCUT2D eigenvalue weighted by molar-refractivity contribution is 7.99. The molecule has 5 heteroatoms. The molecule has 0 spiro atoms. The van der Waals surface area contributed by atoms with E-state index in [-0.39, 0.29) is 17.8 Å². The third kappa shape index (κ3) is 4.21. The molecule has 0 fully saturated rings. The van der Waals surface area contributed by atoms with Crippen LogP contribution in [0.2, 0.25) is 0 Å². The standard InChI is InChI=1S/C15H20FNO2S/c1-2-19-8-3-4-15(18)17-13-7-9-20-14-6-5-11(16)10-12(13)14/h5-6,10,13H,2-4,7-9H2,1H3,(H,17,18)/t13-/m1/s1. The minimum Gasteiger partial charge on any atom is -0.382 e. The van der Waals surface area contributed by atoms with Gasteiger partial charge in [-0.25, -0.2) is 4.39 Å². The van der Waals surface area contributed by atoms with Crippen molar-refractivity contribution in [3.05, 3.63) is 29.6 Å². The van der Waals surface area contributed by atoms with Crippen molar-refractivity contribution in [2.24, 2.45) is 0 Å². The van der Waals surface area contributed by atoms with Gasteiger partial charge in [0, 0.05) is 30.3 Å². The number of hydrogen-bond acceptors (Lipinski definition) is 3. The molecule has 0 saturated carbocycles. The number of amides is 1. The Morgan fingerprint density at radius 1 is 1.55 bits per heavy atom. The van der Waals surface area contributed by atoms with Crippen LogP contribution in [0.25, 0.3) is 0 Å². The van der Waals surface area contributed by atoms with E-state index in [4.69, 9.17) is 4.74 Å². The second kappa shape index (κ2) is 7.64. The first-order valence-electron chi connectivity index (χ1n) is 7.00. The molecule has 0 saturated heterocycles. The van der Waals surface area contributed by atoms with Crippen molar-refractivity contribution in [3.8, 4) is 0 Å². The van der Waals surface area contributed by atoms with E-state index in [1.807, 2.05) is 6.92 Å². The predicted molar refractivity (Wildman–Crippen MR) is 78.4 cm³/mol. The van der Waals surface area contributed by atoms with Gasteiger partial charge in [0.1, 0.15) is 5.82 Å². The van der Waals surface area contributed by atoms with Crippen LogP contribution in [0.15, 0.2) is 23.1 Å². The number of carbonyl (C=O) groups excluding carboxylic acids is 1. The molecule has 1 aliphatic rings. The van der Waals surface area contributed by atoms with Crippen LogP contribution >= 0.6 is 11.8 Å². The summed E-state index contributed by atoms with van der Waals surface area (Å²) >= 11 is 1.71. The maximum atomic E-state index is 13.4. The second-order valence-electron chi connectivity index (χ2n) is 4.74. The number of halogens is 1. The van der Waals surface area contributed by atoms with Crippen LogP contribution in [0.5, 0.6) is 0 Å². The van der Waals surface area contributed by atoms with Crippen molar-refractivity contribution in [2.75, 3.05) is 19.0 Å². The molecule has 0 aromatic heterocycles. The normalized spacial score (nSPS) is 17.6.